The van der Waals surface area contributed by atoms with E-state index in [1.165, 1.54) is 5.56 Å². The predicted octanol–water partition coefficient (Wildman–Crippen LogP) is 2.97. The van der Waals surface area contributed by atoms with Gasteiger partial charge in [0, 0.05) is 17.0 Å². The molecule has 20 heavy (non-hydrogen) atoms. The molecule has 0 saturated heterocycles. The molecule has 2 heterocycles. The molecule has 1 aromatic carbocycles. The first kappa shape index (κ1) is 11.7. The van der Waals surface area contributed by atoms with Crippen molar-refractivity contribution in [3.63, 3.8) is 0 Å². The van der Waals surface area contributed by atoms with E-state index in [0.29, 0.717) is 12.0 Å². The summed E-state index contributed by atoms with van der Waals surface area (Å²) < 4.78 is 0. The Morgan fingerprint density at radius 3 is 3.15 bits per heavy atom. The van der Waals surface area contributed by atoms with Gasteiger partial charge in [-0.3, -0.25) is 5.10 Å². The maximum atomic E-state index is 6.03. The number of hydrogen-bond acceptors (Lipinski definition) is 4. The summed E-state index contributed by atoms with van der Waals surface area (Å²) in [5.74, 6) is 1.32. The van der Waals surface area contributed by atoms with Gasteiger partial charge < -0.3 is 5.32 Å². The maximum Gasteiger partial charge on any atom is 0.160 e. The van der Waals surface area contributed by atoms with Crippen molar-refractivity contribution in [2.75, 3.05) is 5.32 Å². The van der Waals surface area contributed by atoms with E-state index >= 15 is 0 Å². The van der Waals surface area contributed by atoms with E-state index in [9.17, 15) is 0 Å². The molecule has 2 unspecified atom stereocenters. The van der Waals surface area contributed by atoms with Crippen LogP contribution in [0.25, 0.3) is 11.0 Å². The SMILES string of the molecule is Clc1cccc(C2CC2Nc2ncnc3[nH]ncc23)c1. The number of nitrogens with zero attached hydrogens (tertiary/aromatic N) is 3. The van der Waals surface area contributed by atoms with Gasteiger partial charge in [0.15, 0.2) is 5.65 Å². The Hall–Kier alpha value is -2.14. The Labute approximate surface area is 120 Å². The quantitative estimate of drug-likeness (QED) is 0.776. The summed E-state index contributed by atoms with van der Waals surface area (Å²) in [5, 5.41) is 12.0. The van der Waals surface area contributed by atoms with Gasteiger partial charge in [-0.25, -0.2) is 9.97 Å². The predicted molar refractivity (Wildman–Crippen MR) is 77.9 cm³/mol. The molecule has 2 atom stereocenters. The number of rotatable bonds is 3. The zero-order valence-electron chi connectivity index (χ0n) is 10.5. The highest BCUT2D eigenvalue weighted by Gasteiger charge is 2.39. The zero-order chi connectivity index (χ0) is 13.5. The van der Waals surface area contributed by atoms with Crippen LogP contribution in [0.15, 0.2) is 36.8 Å². The summed E-state index contributed by atoms with van der Waals surface area (Å²) in [6.07, 6.45) is 4.37. The molecule has 2 aromatic heterocycles. The zero-order valence-corrected chi connectivity index (χ0v) is 11.3. The Balaban J connectivity index is 1.56. The average Bonchev–Trinajstić information content (AvgIpc) is 3.04. The van der Waals surface area contributed by atoms with Crippen LogP contribution in [0.3, 0.4) is 0 Å². The molecule has 0 spiro atoms. The summed E-state index contributed by atoms with van der Waals surface area (Å²) >= 11 is 6.03. The number of halogens is 1. The van der Waals surface area contributed by atoms with E-state index in [1.54, 1.807) is 12.5 Å². The number of H-pyrrole nitrogens is 1. The standard InChI is InChI=1S/C14H12ClN5/c15-9-3-1-2-8(4-9)10-5-12(10)19-13-11-6-18-20-14(11)17-7-16-13/h1-4,6-7,10,12H,5H2,(H2,16,17,18,19,20). The molecular weight excluding hydrogens is 274 g/mol. The normalized spacial score (nSPS) is 21.1. The van der Waals surface area contributed by atoms with Crippen LogP contribution in [0.1, 0.15) is 17.9 Å². The minimum Gasteiger partial charge on any atom is -0.366 e. The highest BCUT2D eigenvalue weighted by Crippen LogP contribution is 2.43. The van der Waals surface area contributed by atoms with Crippen LogP contribution in [-0.4, -0.2) is 26.2 Å². The van der Waals surface area contributed by atoms with E-state index in [4.69, 9.17) is 11.6 Å². The van der Waals surface area contributed by atoms with Gasteiger partial charge in [-0.1, -0.05) is 23.7 Å². The Morgan fingerprint density at radius 2 is 2.25 bits per heavy atom. The first-order valence-corrected chi connectivity index (χ1v) is 6.85. The van der Waals surface area contributed by atoms with E-state index in [1.807, 2.05) is 18.2 Å². The van der Waals surface area contributed by atoms with Crippen molar-refractivity contribution in [2.45, 2.75) is 18.4 Å². The van der Waals surface area contributed by atoms with Gasteiger partial charge in [0.25, 0.3) is 0 Å². The van der Waals surface area contributed by atoms with Gasteiger partial charge in [-0.15, -0.1) is 0 Å². The van der Waals surface area contributed by atoms with Gasteiger partial charge in [0.1, 0.15) is 12.1 Å². The second-order valence-electron chi connectivity index (χ2n) is 5.00. The van der Waals surface area contributed by atoms with E-state index in [0.717, 1.165) is 28.3 Å². The molecule has 1 aliphatic rings. The Bertz CT molecular complexity index is 769. The summed E-state index contributed by atoms with van der Waals surface area (Å²) in [7, 11) is 0. The van der Waals surface area contributed by atoms with Crippen LogP contribution in [0, 0.1) is 0 Å². The largest absolute Gasteiger partial charge is 0.366 e. The third-order valence-electron chi connectivity index (χ3n) is 3.64. The molecule has 0 aliphatic heterocycles. The van der Waals surface area contributed by atoms with Crippen LogP contribution >= 0.6 is 11.6 Å². The summed E-state index contributed by atoms with van der Waals surface area (Å²) in [4.78, 5) is 8.43. The van der Waals surface area contributed by atoms with E-state index < -0.39 is 0 Å². The van der Waals surface area contributed by atoms with Gasteiger partial charge in [0.05, 0.1) is 11.6 Å². The lowest BCUT2D eigenvalue weighted by molar-refractivity contribution is 1.03. The highest BCUT2D eigenvalue weighted by atomic mass is 35.5. The lowest BCUT2D eigenvalue weighted by Gasteiger charge is -2.06. The van der Waals surface area contributed by atoms with Crippen LogP contribution in [0.2, 0.25) is 5.02 Å². The molecule has 6 heteroatoms. The van der Waals surface area contributed by atoms with Crippen molar-refractivity contribution in [2.24, 2.45) is 0 Å². The summed E-state index contributed by atoms with van der Waals surface area (Å²) in [5.41, 5.74) is 2.02. The molecule has 2 N–H and O–H groups in total. The molecular formula is C14H12ClN5. The fourth-order valence-electron chi connectivity index (χ4n) is 2.52. The number of fused-ring (bicyclic) bond motifs is 1. The van der Waals surface area contributed by atoms with Crippen molar-refractivity contribution < 1.29 is 0 Å². The first-order chi connectivity index (χ1) is 9.81. The molecule has 100 valence electrons. The number of anilines is 1. The fraction of sp³-hybridized carbons (Fsp3) is 0.214. The van der Waals surface area contributed by atoms with Crippen molar-refractivity contribution in [3.05, 3.63) is 47.4 Å². The second kappa shape index (κ2) is 4.45. The van der Waals surface area contributed by atoms with Crippen LogP contribution < -0.4 is 5.32 Å². The van der Waals surface area contributed by atoms with Crippen molar-refractivity contribution >= 4 is 28.5 Å². The second-order valence-corrected chi connectivity index (χ2v) is 5.44. The third-order valence-corrected chi connectivity index (χ3v) is 3.87. The lowest BCUT2D eigenvalue weighted by Crippen LogP contribution is -2.06. The Kier molecular flexibility index (Phi) is 2.60. The molecule has 1 fully saturated rings. The van der Waals surface area contributed by atoms with Crippen LogP contribution in [-0.2, 0) is 0 Å². The minimum atomic E-state index is 0.390. The highest BCUT2D eigenvalue weighted by molar-refractivity contribution is 6.30. The number of nitrogens with one attached hydrogen (secondary N) is 2. The van der Waals surface area contributed by atoms with Crippen LogP contribution in [0.4, 0.5) is 5.82 Å². The van der Waals surface area contributed by atoms with Crippen molar-refractivity contribution in [1.29, 1.82) is 0 Å². The van der Waals surface area contributed by atoms with Gasteiger partial charge in [0.2, 0.25) is 0 Å². The average molecular weight is 286 g/mol. The number of aromatic amines is 1. The molecule has 1 aliphatic carbocycles. The monoisotopic (exact) mass is 285 g/mol. The summed E-state index contributed by atoms with van der Waals surface area (Å²) in [6.45, 7) is 0. The number of hydrogen-bond donors (Lipinski definition) is 2. The molecule has 5 nitrogen and oxygen atoms in total. The molecule has 0 amide bonds. The minimum absolute atomic E-state index is 0.390. The topological polar surface area (TPSA) is 66.5 Å². The van der Waals surface area contributed by atoms with E-state index in [2.05, 4.69) is 31.5 Å². The number of benzene rings is 1. The smallest absolute Gasteiger partial charge is 0.160 e. The van der Waals surface area contributed by atoms with Gasteiger partial charge in [-0.2, -0.15) is 5.10 Å². The molecule has 0 bridgehead atoms. The lowest BCUT2D eigenvalue weighted by atomic mass is 10.1. The first-order valence-electron chi connectivity index (χ1n) is 6.47. The maximum absolute atomic E-state index is 6.03. The van der Waals surface area contributed by atoms with Crippen molar-refractivity contribution in [1.82, 2.24) is 20.2 Å². The fourth-order valence-corrected chi connectivity index (χ4v) is 2.71. The van der Waals surface area contributed by atoms with E-state index in [-0.39, 0.29) is 0 Å². The van der Waals surface area contributed by atoms with Crippen molar-refractivity contribution in [3.8, 4) is 0 Å². The Morgan fingerprint density at radius 1 is 1.30 bits per heavy atom. The molecule has 0 radical (unpaired) electrons. The molecule has 4 rings (SSSR count). The molecule has 3 aromatic rings. The third kappa shape index (κ3) is 2.00. The number of aromatic nitrogens is 4. The van der Waals surface area contributed by atoms with Gasteiger partial charge in [-0.05, 0) is 24.1 Å². The summed E-state index contributed by atoms with van der Waals surface area (Å²) in [6, 6.07) is 8.43. The van der Waals surface area contributed by atoms with Crippen LogP contribution in [0.5, 0.6) is 0 Å². The van der Waals surface area contributed by atoms with Gasteiger partial charge >= 0.3 is 0 Å². The molecule has 1 saturated carbocycles.